The van der Waals surface area contributed by atoms with Gasteiger partial charge in [0.25, 0.3) is 0 Å². The van der Waals surface area contributed by atoms with Gasteiger partial charge in [-0.05, 0) is 71.5 Å². The normalized spacial score (nSPS) is 11.1. The summed E-state index contributed by atoms with van der Waals surface area (Å²) in [5.41, 5.74) is 4.63. The fourth-order valence-electron chi connectivity index (χ4n) is 4.46. The van der Waals surface area contributed by atoms with Gasteiger partial charge in [-0.3, -0.25) is 0 Å². The van der Waals surface area contributed by atoms with Crippen LogP contribution in [0.3, 0.4) is 0 Å². The molecule has 36 heavy (non-hydrogen) atoms. The summed E-state index contributed by atoms with van der Waals surface area (Å²) in [6, 6.07) is 26.2. The predicted molar refractivity (Wildman–Crippen MR) is 150 cm³/mol. The van der Waals surface area contributed by atoms with Crippen LogP contribution in [0.25, 0.3) is 33.5 Å². The van der Waals surface area contributed by atoms with Crippen LogP contribution in [0.15, 0.2) is 91.5 Å². The van der Waals surface area contributed by atoms with Crippen molar-refractivity contribution in [2.75, 3.05) is 0 Å². The van der Waals surface area contributed by atoms with E-state index in [0.29, 0.717) is 21.9 Å². The van der Waals surface area contributed by atoms with Crippen molar-refractivity contribution in [1.29, 1.82) is 0 Å². The van der Waals surface area contributed by atoms with Gasteiger partial charge in [0.15, 0.2) is 0 Å². The number of rotatable bonds is 6. The number of ether oxygens (including phenoxy) is 1. The summed E-state index contributed by atoms with van der Waals surface area (Å²) in [7, 11) is 2.55. The number of benzene rings is 4. The van der Waals surface area contributed by atoms with Gasteiger partial charge >= 0.3 is 0 Å². The number of nitrogens with zero attached hydrogens (tertiary/aromatic N) is 1. The van der Waals surface area contributed by atoms with Crippen LogP contribution in [0.2, 0.25) is 5.02 Å². The zero-order chi connectivity index (χ0) is 25.4. The summed E-state index contributed by atoms with van der Waals surface area (Å²) in [4.78, 5) is 0. The first-order valence-corrected chi connectivity index (χ1v) is 12.3. The van der Waals surface area contributed by atoms with Gasteiger partial charge in [0.05, 0.1) is 5.69 Å². The Labute approximate surface area is 216 Å². The third-order valence-corrected chi connectivity index (χ3v) is 7.01. The summed E-state index contributed by atoms with van der Waals surface area (Å²) < 4.78 is 22.6. The number of aryl methyl sites for hydroxylation is 1. The Hall–Kier alpha value is -3.59. The molecule has 0 saturated heterocycles. The largest absolute Gasteiger partial charge is 0.508 e. The van der Waals surface area contributed by atoms with E-state index in [1.807, 2.05) is 61.5 Å². The van der Waals surface area contributed by atoms with E-state index in [-0.39, 0.29) is 18.2 Å². The Morgan fingerprint density at radius 2 is 1.83 bits per heavy atom. The highest BCUT2D eigenvalue weighted by molar-refractivity contribution is 7.27. The topological polar surface area (TPSA) is 34.4 Å². The molecule has 1 atom stereocenters. The molecule has 0 bridgehead atoms. The fourth-order valence-corrected chi connectivity index (χ4v) is 4.96. The van der Waals surface area contributed by atoms with Crippen LogP contribution in [0.4, 0.5) is 4.39 Å². The molecule has 0 fully saturated rings. The van der Waals surface area contributed by atoms with E-state index >= 15 is 0 Å². The Balaban J connectivity index is 1.64. The number of hydrogen-bond donors (Lipinski definition) is 1. The van der Waals surface area contributed by atoms with Crippen molar-refractivity contribution in [2.24, 2.45) is 0 Å². The van der Waals surface area contributed by atoms with Crippen LogP contribution < -0.4 is 10.0 Å². The van der Waals surface area contributed by atoms with Crippen LogP contribution in [-0.2, 0) is 6.61 Å². The molecular formula is C30H24ClFNO2P. The van der Waals surface area contributed by atoms with Crippen molar-refractivity contribution < 1.29 is 14.2 Å². The maximum Gasteiger partial charge on any atom is 0.130 e. The van der Waals surface area contributed by atoms with E-state index < -0.39 is 0 Å². The van der Waals surface area contributed by atoms with Gasteiger partial charge < -0.3 is 14.4 Å². The lowest BCUT2D eigenvalue weighted by molar-refractivity contribution is 0.302. The van der Waals surface area contributed by atoms with Gasteiger partial charge in [-0.2, -0.15) is 0 Å². The molecule has 0 saturated carbocycles. The van der Waals surface area contributed by atoms with Crippen LogP contribution in [0.1, 0.15) is 16.8 Å². The molecule has 0 amide bonds. The molecule has 180 valence electrons. The van der Waals surface area contributed by atoms with E-state index in [1.54, 1.807) is 18.2 Å². The smallest absolute Gasteiger partial charge is 0.130 e. The van der Waals surface area contributed by atoms with Crippen LogP contribution in [0.5, 0.6) is 5.75 Å². The van der Waals surface area contributed by atoms with E-state index in [4.69, 9.17) is 16.3 Å². The second kappa shape index (κ2) is 9.81. The molecule has 1 heterocycles. The van der Waals surface area contributed by atoms with E-state index in [2.05, 4.69) is 26.5 Å². The second-order valence-electron chi connectivity index (χ2n) is 8.59. The van der Waals surface area contributed by atoms with Gasteiger partial charge in [-0.1, -0.05) is 54.6 Å². The van der Waals surface area contributed by atoms with Crippen molar-refractivity contribution in [3.8, 4) is 22.7 Å². The number of hydrogen-bond acceptors (Lipinski definition) is 2. The molecule has 5 aromatic rings. The molecule has 0 aliphatic rings. The predicted octanol–water partition coefficient (Wildman–Crippen LogP) is 8.01. The summed E-state index contributed by atoms with van der Waals surface area (Å²) in [6.45, 7) is 5.86. The number of fused-ring (bicyclic) bond motifs is 1. The van der Waals surface area contributed by atoms with Gasteiger partial charge in [0, 0.05) is 33.1 Å². The number of halogens is 2. The molecule has 0 spiro atoms. The lowest BCUT2D eigenvalue weighted by atomic mass is 10.0. The second-order valence-corrected chi connectivity index (χ2v) is 9.65. The van der Waals surface area contributed by atoms with E-state index in [0.717, 1.165) is 38.7 Å². The van der Waals surface area contributed by atoms with Crippen LogP contribution in [-0.4, -0.2) is 9.67 Å². The minimum Gasteiger partial charge on any atom is -0.508 e. The van der Waals surface area contributed by atoms with Gasteiger partial charge in [0.1, 0.15) is 23.9 Å². The summed E-state index contributed by atoms with van der Waals surface area (Å²) in [5, 5.41) is 13.5. The first-order chi connectivity index (χ1) is 17.3. The highest BCUT2D eigenvalue weighted by Crippen LogP contribution is 2.37. The Morgan fingerprint density at radius 1 is 1.03 bits per heavy atom. The quantitative estimate of drug-likeness (QED) is 0.183. The number of aliphatic hydroxyl groups excluding tert-OH is 1. The lowest BCUT2D eigenvalue weighted by Gasteiger charge is -2.18. The maximum absolute atomic E-state index is 14.4. The van der Waals surface area contributed by atoms with Crippen molar-refractivity contribution in [2.45, 2.75) is 13.5 Å². The third-order valence-electron chi connectivity index (χ3n) is 6.24. The summed E-state index contributed by atoms with van der Waals surface area (Å²) in [5.74, 6) is 0.272. The Bertz CT molecular complexity index is 1610. The summed E-state index contributed by atoms with van der Waals surface area (Å²) >= 11 is 6.41. The first kappa shape index (κ1) is 24.1. The Kier molecular flexibility index (Phi) is 6.57. The van der Waals surface area contributed by atoms with Crippen molar-refractivity contribution in [3.63, 3.8) is 0 Å². The zero-order valence-electron chi connectivity index (χ0n) is 19.6. The molecular weight excluding hydrogens is 492 g/mol. The molecule has 1 N–H and O–H groups in total. The molecule has 3 nitrogen and oxygen atoms in total. The number of aliphatic hydroxyl groups is 1. The maximum atomic E-state index is 14.4. The Morgan fingerprint density at radius 3 is 2.61 bits per heavy atom. The third kappa shape index (κ3) is 4.51. The van der Waals surface area contributed by atoms with E-state index in [1.165, 1.54) is 6.07 Å². The molecule has 6 heteroatoms. The molecule has 4 aromatic carbocycles. The molecule has 1 unspecified atom stereocenters. The van der Waals surface area contributed by atoms with Crippen LogP contribution in [0, 0.1) is 12.7 Å². The molecule has 0 aliphatic carbocycles. The average molecular weight is 516 g/mol. The zero-order valence-corrected chi connectivity index (χ0v) is 21.5. The molecule has 0 radical (unpaired) electrons. The molecule has 1 aromatic heterocycles. The minimum absolute atomic E-state index is 0.00399. The number of aromatic nitrogens is 1. The highest BCUT2D eigenvalue weighted by Gasteiger charge is 2.17. The van der Waals surface area contributed by atoms with Crippen LogP contribution >= 0.6 is 20.8 Å². The van der Waals surface area contributed by atoms with Crippen molar-refractivity contribution >= 4 is 42.7 Å². The minimum atomic E-state index is -0.315. The first-order valence-electron chi connectivity index (χ1n) is 11.4. The van der Waals surface area contributed by atoms with E-state index in [9.17, 15) is 9.50 Å². The van der Waals surface area contributed by atoms with Gasteiger partial charge in [-0.25, -0.2) is 4.39 Å². The van der Waals surface area contributed by atoms with Gasteiger partial charge in [0.2, 0.25) is 0 Å². The fraction of sp³-hybridized carbons (Fsp3) is 0.0667. The van der Waals surface area contributed by atoms with Crippen molar-refractivity contribution in [3.05, 3.63) is 119 Å². The van der Waals surface area contributed by atoms with Crippen molar-refractivity contribution in [1.82, 2.24) is 4.57 Å². The highest BCUT2D eigenvalue weighted by atomic mass is 35.5. The lowest BCUT2D eigenvalue weighted by Crippen LogP contribution is -2.09. The van der Waals surface area contributed by atoms with Gasteiger partial charge in [-0.15, -0.1) is 9.24 Å². The molecule has 0 aliphatic heterocycles. The molecule has 5 rings (SSSR count). The average Bonchev–Trinajstić information content (AvgIpc) is 3.24. The summed E-state index contributed by atoms with van der Waals surface area (Å²) in [6.07, 6.45) is 0. The SMILES string of the molecule is C=C(O)c1cc(-n2c(C)ccc2-c2cc(Cl)ccc2OCc2c(F)cccc2P)cc2ccccc12. The monoisotopic (exact) mass is 515 g/mol. The standard InChI is InChI=1S/C30H24ClFNO2P/c1-18-10-12-28(33(18)22-14-20-6-3-4-7-23(20)24(16-22)19(2)34)25-15-21(31)11-13-29(25)35-17-26-27(32)8-5-9-30(26)36/h3-16,34H,2,17,36H2,1H3.